The predicted octanol–water partition coefficient (Wildman–Crippen LogP) is 5.31. The summed E-state index contributed by atoms with van der Waals surface area (Å²) in [5, 5.41) is 24.2. The fourth-order valence-corrected chi connectivity index (χ4v) is 9.89. The number of anilines is 1. The van der Waals surface area contributed by atoms with E-state index in [0.717, 1.165) is 30.5 Å². The lowest BCUT2D eigenvalue weighted by Crippen LogP contribution is -2.62. The van der Waals surface area contributed by atoms with Crippen LogP contribution in [-0.4, -0.2) is 143 Å². The van der Waals surface area contributed by atoms with Crippen LogP contribution in [0.1, 0.15) is 100 Å². The number of aliphatic hydroxyl groups excluding tert-OH is 1. The molecule has 1 aliphatic carbocycles. The van der Waals surface area contributed by atoms with E-state index in [2.05, 4.69) is 22.6 Å². The van der Waals surface area contributed by atoms with E-state index in [-0.39, 0.29) is 30.5 Å². The van der Waals surface area contributed by atoms with Gasteiger partial charge in [0.25, 0.3) is 0 Å². The average Bonchev–Trinajstić information content (AvgIpc) is 3.91. The van der Waals surface area contributed by atoms with Gasteiger partial charge in [0, 0.05) is 56.1 Å². The molecule has 16 heteroatoms. The number of cyclic esters (lactones) is 1. The van der Waals surface area contributed by atoms with Crippen LogP contribution >= 0.6 is 0 Å². The number of Topliss-reactive ketones (excluding diaryl/α,β-unsaturated/α-hetero) is 1. The molecule has 16 nitrogen and oxygen atoms in total. The summed E-state index contributed by atoms with van der Waals surface area (Å²) in [7, 11) is 5.39. The Labute approximate surface area is 368 Å². The Hall–Kier alpha value is -3.67. The van der Waals surface area contributed by atoms with Gasteiger partial charge < -0.3 is 44.7 Å². The number of methoxy groups -OCH3 is 1. The molecule has 3 heterocycles. The number of nitrogens with two attached hydrogens (primary N) is 1. The number of aryl methyl sites for hydroxylation is 1. The molecule has 0 radical (unpaired) electrons. The number of rotatable bonds is 17. The molecule has 2 saturated heterocycles. The summed E-state index contributed by atoms with van der Waals surface area (Å²) in [6.45, 7) is 16.8. The van der Waals surface area contributed by atoms with Crippen molar-refractivity contribution in [3.8, 4) is 11.3 Å². The van der Waals surface area contributed by atoms with E-state index in [1.807, 2.05) is 89.0 Å². The zero-order valence-electron chi connectivity index (χ0n) is 39.0. The standard InChI is InChI=1S/C46H75N7O9/c1-12-35(51(9)10)39(55)43(59-14-3)61-41-29(5)38(54)30(6)42(56)60-36(13-2)46(8)40(37(31-20-21-31)48-26-28(4)25-45(41,7)58-11)53(44(57)62-46)23-16-15-22-52-27-34(49-50-52)32-18-17-19-33(47)24-32/h17-19,24,27-31,35-37,39-41,43,48,55H,12-16,20-23,25-26,47H2,1-11H3/t28-,29+,30-,35?,36-,37?,39?,40-,41-,43+,45-,46-/m1/s1. The largest absolute Gasteiger partial charge is 0.458 e. The highest BCUT2D eigenvalue weighted by Crippen LogP contribution is 2.45. The van der Waals surface area contributed by atoms with Crippen molar-refractivity contribution in [3.63, 3.8) is 0 Å². The number of ether oxygens (including phenoxy) is 5. The van der Waals surface area contributed by atoms with E-state index in [4.69, 9.17) is 29.4 Å². The van der Waals surface area contributed by atoms with Crippen molar-refractivity contribution in [2.24, 2.45) is 23.7 Å². The molecule has 5 rings (SSSR count). The Morgan fingerprint density at radius 1 is 1.08 bits per heavy atom. The highest BCUT2D eigenvalue weighted by molar-refractivity contribution is 6.00. The van der Waals surface area contributed by atoms with E-state index in [9.17, 15) is 19.5 Å². The van der Waals surface area contributed by atoms with Crippen molar-refractivity contribution < 1.29 is 43.2 Å². The fraction of sp³-hybridized carbons (Fsp3) is 0.761. The van der Waals surface area contributed by atoms with Crippen molar-refractivity contribution >= 4 is 23.5 Å². The van der Waals surface area contributed by atoms with Crippen molar-refractivity contribution in [2.45, 2.75) is 161 Å². The first-order valence-corrected chi connectivity index (χ1v) is 22.8. The third-order valence-corrected chi connectivity index (χ3v) is 13.5. The number of benzene rings is 1. The van der Waals surface area contributed by atoms with Gasteiger partial charge in [-0.25, -0.2) is 4.79 Å². The van der Waals surface area contributed by atoms with Crippen molar-refractivity contribution in [1.82, 2.24) is 30.1 Å². The Morgan fingerprint density at radius 2 is 1.79 bits per heavy atom. The topological polar surface area (TPSA) is 193 Å². The molecule has 2 aliphatic heterocycles. The van der Waals surface area contributed by atoms with Crippen molar-refractivity contribution in [2.75, 3.05) is 46.6 Å². The normalized spacial score (nSPS) is 31.8. The molecule has 2 aromatic rings. The van der Waals surface area contributed by atoms with Gasteiger partial charge in [-0.2, -0.15) is 0 Å². The van der Waals surface area contributed by atoms with Crippen LogP contribution in [0.15, 0.2) is 30.5 Å². The number of unbranched alkanes of at least 4 members (excludes halogenated alkanes) is 1. The molecule has 3 aliphatic rings. The molecule has 0 bridgehead atoms. The number of carbonyl (C=O) groups excluding carboxylic acids is 3. The monoisotopic (exact) mass is 870 g/mol. The lowest BCUT2D eigenvalue weighted by molar-refractivity contribution is -0.265. The minimum atomic E-state index is -1.21. The summed E-state index contributed by atoms with van der Waals surface area (Å²) < 4.78 is 33.6. The summed E-state index contributed by atoms with van der Waals surface area (Å²) in [5.74, 6) is -2.88. The number of carbonyl (C=O) groups is 3. The maximum atomic E-state index is 14.5. The van der Waals surface area contributed by atoms with E-state index >= 15 is 0 Å². The van der Waals surface area contributed by atoms with Gasteiger partial charge >= 0.3 is 12.1 Å². The lowest BCUT2D eigenvalue weighted by atomic mass is 9.78. The average molecular weight is 870 g/mol. The number of aliphatic hydroxyl groups is 1. The van der Waals surface area contributed by atoms with Crippen molar-refractivity contribution in [1.29, 1.82) is 0 Å². The molecule has 3 unspecified atom stereocenters. The molecule has 12 atom stereocenters. The number of nitrogens with zero attached hydrogens (tertiary/aromatic N) is 5. The highest BCUT2D eigenvalue weighted by Gasteiger charge is 2.61. The molecule has 62 heavy (non-hydrogen) atoms. The number of nitrogen functional groups attached to an aromatic ring is 1. The van der Waals surface area contributed by atoms with Crippen LogP contribution in [0.3, 0.4) is 0 Å². The molecule has 0 spiro atoms. The van der Waals surface area contributed by atoms with Gasteiger partial charge in [-0.1, -0.05) is 45.0 Å². The summed E-state index contributed by atoms with van der Waals surface area (Å²) in [5.41, 5.74) is 6.00. The minimum absolute atomic E-state index is 0.00438. The molecule has 348 valence electrons. The van der Waals surface area contributed by atoms with E-state index in [1.165, 1.54) is 0 Å². The molecule has 4 N–H and O–H groups in total. The zero-order chi connectivity index (χ0) is 45.5. The molecule has 1 amide bonds. The van der Waals surface area contributed by atoms with Crippen LogP contribution in [0, 0.1) is 23.7 Å². The van der Waals surface area contributed by atoms with Gasteiger partial charge in [-0.3, -0.25) is 19.2 Å². The van der Waals surface area contributed by atoms with Gasteiger partial charge in [-0.05, 0) is 117 Å². The van der Waals surface area contributed by atoms with Crippen LogP contribution in [0.5, 0.6) is 0 Å². The summed E-state index contributed by atoms with van der Waals surface area (Å²) in [6, 6.07) is 6.60. The molecular formula is C46H75N7O9. The van der Waals surface area contributed by atoms with Crippen LogP contribution in [0.4, 0.5) is 10.5 Å². The Balaban J connectivity index is 1.43. The van der Waals surface area contributed by atoms with E-state index < -0.39 is 71.5 Å². The zero-order valence-corrected chi connectivity index (χ0v) is 39.0. The number of ketones is 1. The quantitative estimate of drug-likeness (QED) is 0.0609. The second-order valence-electron chi connectivity index (χ2n) is 18.5. The number of fused-ring (bicyclic) bond motifs is 1. The summed E-state index contributed by atoms with van der Waals surface area (Å²) in [6.07, 6.45) is 2.41. The van der Waals surface area contributed by atoms with Gasteiger partial charge in [-0.15, -0.1) is 5.10 Å². The molecule has 1 aromatic heterocycles. The first-order chi connectivity index (χ1) is 29.4. The Kier molecular flexibility index (Phi) is 17.0. The molecule has 1 aromatic carbocycles. The van der Waals surface area contributed by atoms with Crippen molar-refractivity contribution in [3.05, 3.63) is 30.5 Å². The second kappa shape index (κ2) is 21.3. The van der Waals surface area contributed by atoms with Crippen LogP contribution in [0.25, 0.3) is 11.3 Å². The summed E-state index contributed by atoms with van der Waals surface area (Å²) in [4.78, 5) is 46.5. The molecular weight excluding hydrogens is 795 g/mol. The molecule has 3 fully saturated rings. The molecule has 1 saturated carbocycles. The SMILES string of the molecule is CCO[C@@H](O[C@@H]1[C@@H](C)C(=O)[C@@H](C)C(=O)O[C@H](CC)[C@@]2(C)OC(=O)N(CCCCn3cc(-c4cccc(N)c4)nn3)[C@@H]2C(C2CC2)NC[C@H](C)C[C@@]1(C)OC)C(O)C(CC)N(C)C. The maximum absolute atomic E-state index is 14.5. The maximum Gasteiger partial charge on any atom is 0.410 e. The lowest BCUT2D eigenvalue weighted by Gasteiger charge is -2.44. The number of esters is 1. The first-order valence-electron chi connectivity index (χ1n) is 22.8. The van der Waals surface area contributed by atoms with Gasteiger partial charge in [0.1, 0.15) is 23.8 Å². The number of amides is 1. The Morgan fingerprint density at radius 3 is 2.40 bits per heavy atom. The van der Waals surface area contributed by atoms with E-state index in [0.29, 0.717) is 51.0 Å². The van der Waals surface area contributed by atoms with Gasteiger partial charge in [0.05, 0.1) is 23.9 Å². The second-order valence-corrected chi connectivity index (χ2v) is 18.5. The number of hydrogen-bond donors (Lipinski definition) is 3. The number of likely N-dealkylation sites (N-methyl/N-ethyl adjacent to an activating group) is 1. The van der Waals surface area contributed by atoms with Crippen LogP contribution in [-0.2, 0) is 39.8 Å². The number of hydrogen-bond acceptors (Lipinski definition) is 14. The van der Waals surface area contributed by atoms with Crippen LogP contribution in [0.2, 0.25) is 0 Å². The first kappa shape index (κ1) is 49.3. The smallest absolute Gasteiger partial charge is 0.410 e. The third kappa shape index (κ3) is 11.2. The highest BCUT2D eigenvalue weighted by atomic mass is 16.7. The fourth-order valence-electron chi connectivity index (χ4n) is 9.89. The Bertz CT molecular complexity index is 1790. The number of nitrogens with one attached hydrogen (secondary N) is 1. The summed E-state index contributed by atoms with van der Waals surface area (Å²) >= 11 is 0. The predicted molar refractivity (Wildman–Crippen MR) is 236 cm³/mol. The minimum Gasteiger partial charge on any atom is -0.458 e. The van der Waals surface area contributed by atoms with E-state index in [1.54, 1.807) is 25.6 Å². The van der Waals surface area contributed by atoms with Gasteiger partial charge in [0.2, 0.25) is 0 Å². The number of aromatic nitrogens is 3. The third-order valence-electron chi connectivity index (χ3n) is 13.5. The van der Waals surface area contributed by atoms with Gasteiger partial charge in [0.15, 0.2) is 17.7 Å². The van der Waals surface area contributed by atoms with Crippen LogP contribution < -0.4 is 11.1 Å².